The van der Waals surface area contributed by atoms with Gasteiger partial charge in [-0.15, -0.1) is 0 Å². The summed E-state index contributed by atoms with van der Waals surface area (Å²) in [5.41, 5.74) is 3.80. The Balaban J connectivity index is 1.31. The SMILES string of the molecule is Cc1ccc(C2CC(c3noc(Cn4cnc5nccc(C)c5c4=O)n3)C2)cc1. The van der Waals surface area contributed by atoms with E-state index in [-0.39, 0.29) is 12.1 Å². The van der Waals surface area contributed by atoms with E-state index in [0.717, 1.165) is 24.2 Å². The number of aryl methyl sites for hydroxylation is 2. The summed E-state index contributed by atoms with van der Waals surface area (Å²) < 4.78 is 6.91. The Hall–Kier alpha value is -3.35. The summed E-state index contributed by atoms with van der Waals surface area (Å²) in [6.45, 7) is 4.18. The van der Waals surface area contributed by atoms with Crippen molar-refractivity contribution in [1.29, 1.82) is 0 Å². The van der Waals surface area contributed by atoms with Gasteiger partial charge in [0.1, 0.15) is 12.9 Å². The van der Waals surface area contributed by atoms with Crippen LogP contribution in [0.1, 0.15) is 53.1 Å². The first kappa shape index (κ1) is 17.7. The van der Waals surface area contributed by atoms with Crippen LogP contribution in [0.3, 0.4) is 0 Å². The van der Waals surface area contributed by atoms with Gasteiger partial charge in [0.25, 0.3) is 5.56 Å². The number of benzene rings is 1. The summed E-state index contributed by atoms with van der Waals surface area (Å²) >= 11 is 0. The average Bonchev–Trinajstić information content (AvgIpc) is 3.12. The molecule has 0 atom stereocenters. The fraction of sp³-hybridized carbons (Fsp3) is 0.318. The van der Waals surface area contributed by atoms with Crippen molar-refractivity contribution < 1.29 is 4.52 Å². The first-order chi connectivity index (χ1) is 14.1. The number of hydrogen-bond acceptors (Lipinski definition) is 6. The molecule has 1 fully saturated rings. The van der Waals surface area contributed by atoms with Crippen LogP contribution in [0, 0.1) is 13.8 Å². The van der Waals surface area contributed by atoms with E-state index in [1.165, 1.54) is 22.0 Å². The second-order valence-electron chi connectivity index (χ2n) is 7.83. The van der Waals surface area contributed by atoms with Crippen molar-refractivity contribution in [2.75, 3.05) is 0 Å². The molecule has 5 rings (SSSR count). The highest BCUT2D eigenvalue weighted by Gasteiger charge is 2.34. The molecule has 0 amide bonds. The summed E-state index contributed by atoms with van der Waals surface area (Å²) in [6, 6.07) is 10.5. The number of rotatable bonds is 4. The van der Waals surface area contributed by atoms with E-state index in [0.29, 0.717) is 28.8 Å². The van der Waals surface area contributed by atoms with Crippen molar-refractivity contribution >= 4 is 11.0 Å². The van der Waals surface area contributed by atoms with Crippen LogP contribution in [0.5, 0.6) is 0 Å². The second-order valence-corrected chi connectivity index (χ2v) is 7.83. The minimum absolute atomic E-state index is 0.150. The Morgan fingerprint density at radius 3 is 2.66 bits per heavy atom. The van der Waals surface area contributed by atoms with Gasteiger partial charge in [-0.25, -0.2) is 9.97 Å². The lowest BCUT2D eigenvalue weighted by atomic mass is 9.71. The van der Waals surface area contributed by atoms with Gasteiger partial charge in [-0.3, -0.25) is 9.36 Å². The lowest BCUT2D eigenvalue weighted by Gasteiger charge is -2.33. The monoisotopic (exact) mass is 387 g/mol. The van der Waals surface area contributed by atoms with E-state index in [9.17, 15) is 4.79 Å². The Kier molecular flexibility index (Phi) is 4.23. The molecular weight excluding hydrogens is 366 g/mol. The molecule has 1 saturated carbocycles. The highest BCUT2D eigenvalue weighted by Crippen LogP contribution is 2.46. The van der Waals surface area contributed by atoms with Crippen molar-refractivity contribution in [1.82, 2.24) is 24.7 Å². The zero-order valence-electron chi connectivity index (χ0n) is 16.4. The smallest absolute Gasteiger partial charge is 0.263 e. The van der Waals surface area contributed by atoms with Gasteiger partial charge in [0.15, 0.2) is 11.5 Å². The van der Waals surface area contributed by atoms with E-state index >= 15 is 0 Å². The fourth-order valence-electron chi connectivity index (χ4n) is 3.92. The Bertz CT molecular complexity index is 1240. The highest BCUT2D eigenvalue weighted by atomic mass is 16.5. The zero-order chi connectivity index (χ0) is 20.0. The number of fused-ring (bicyclic) bond motifs is 1. The minimum Gasteiger partial charge on any atom is -0.337 e. The molecule has 3 heterocycles. The third-order valence-corrected chi connectivity index (χ3v) is 5.77. The first-order valence-corrected chi connectivity index (χ1v) is 9.78. The molecule has 1 aromatic carbocycles. The molecule has 1 aliphatic rings. The third-order valence-electron chi connectivity index (χ3n) is 5.77. The molecule has 29 heavy (non-hydrogen) atoms. The molecule has 1 aliphatic carbocycles. The Morgan fingerprint density at radius 2 is 1.86 bits per heavy atom. The van der Waals surface area contributed by atoms with Gasteiger partial charge < -0.3 is 4.52 Å². The Morgan fingerprint density at radius 1 is 1.07 bits per heavy atom. The first-order valence-electron chi connectivity index (χ1n) is 9.78. The summed E-state index contributed by atoms with van der Waals surface area (Å²) in [5, 5.41) is 4.67. The van der Waals surface area contributed by atoms with Crippen molar-refractivity contribution in [3.63, 3.8) is 0 Å². The second kappa shape index (κ2) is 6.92. The normalized spacial score (nSPS) is 18.7. The predicted molar refractivity (Wildman–Crippen MR) is 108 cm³/mol. The van der Waals surface area contributed by atoms with Crippen molar-refractivity contribution in [2.24, 2.45) is 0 Å². The van der Waals surface area contributed by atoms with Crippen LogP contribution < -0.4 is 5.56 Å². The van der Waals surface area contributed by atoms with Crippen LogP contribution >= 0.6 is 0 Å². The van der Waals surface area contributed by atoms with Gasteiger partial charge in [0.05, 0.1) is 5.39 Å². The number of aromatic nitrogens is 5. The van der Waals surface area contributed by atoms with Crippen LogP contribution in [0.25, 0.3) is 11.0 Å². The van der Waals surface area contributed by atoms with E-state index in [2.05, 4.69) is 51.3 Å². The van der Waals surface area contributed by atoms with Crippen molar-refractivity contribution in [3.05, 3.63) is 81.6 Å². The van der Waals surface area contributed by atoms with Gasteiger partial charge in [0.2, 0.25) is 5.89 Å². The molecule has 7 heteroatoms. The molecule has 4 aromatic rings. The van der Waals surface area contributed by atoms with E-state index in [1.807, 2.05) is 13.0 Å². The van der Waals surface area contributed by atoms with E-state index in [1.54, 1.807) is 6.20 Å². The maximum Gasteiger partial charge on any atom is 0.263 e. The summed E-state index contributed by atoms with van der Waals surface area (Å²) in [6.07, 6.45) is 5.17. The zero-order valence-corrected chi connectivity index (χ0v) is 16.4. The van der Waals surface area contributed by atoms with Gasteiger partial charge in [-0.2, -0.15) is 4.98 Å². The molecule has 0 unspecified atom stereocenters. The van der Waals surface area contributed by atoms with Crippen LogP contribution in [-0.4, -0.2) is 24.7 Å². The standard InChI is InChI=1S/C22H21N5O2/c1-13-3-5-15(6-4-13)16-9-17(10-16)20-25-18(29-26-20)11-27-12-24-21-19(22(27)28)14(2)7-8-23-21/h3-8,12,16-17H,9-11H2,1-2H3. The molecule has 0 bridgehead atoms. The van der Waals surface area contributed by atoms with Crippen molar-refractivity contribution in [2.45, 2.75) is 45.1 Å². The topological polar surface area (TPSA) is 86.7 Å². The molecule has 0 N–H and O–H groups in total. The predicted octanol–water partition coefficient (Wildman–Crippen LogP) is 3.50. The number of pyridine rings is 1. The van der Waals surface area contributed by atoms with Crippen LogP contribution in [0.4, 0.5) is 0 Å². The molecular formula is C22H21N5O2. The van der Waals surface area contributed by atoms with E-state index < -0.39 is 0 Å². The maximum atomic E-state index is 12.8. The van der Waals surface area contributed by atoms with Crippen LogP contribution in [-0.2, 0) is 6.54 Å². The third kappa shape index (κ3) is 3.22. The van der Waals surface area contributed by atoms with Crippen molar-refractivity contribution in [3.8, 4) is 0 Å². The summed E-state index contributed by atoms with van der Waals surface area (Å²) in [7, 11) is 0. The summed E-state index contributed by atoms with van der Waals surface area (Å²) in [5.74, 6) is 1.99. The van der Waals surface area contributed by atoms with Gasteiger partial charge in [-0.05, 0) is 49.8 Å². The van der Waals surface area contributed by atoms with Crippen LogP contribution in [0.15, 0.2) is 52.2 Å². The molecule has 0 aliphatic heterocycles. The lowest BCUT2D eigenvalue weighted by Crippen LogP contribution is -2.23. The molecule has 146 valence electrons. The highest BCUT2D eigenvalue weighted by molar-refractivity contribution is 5.76. The van der Waals surface area contributed by atoms with Gasteiger partial charge in [-0.1, -0.05) is 35.0 Å². The molecule has 0 saturated heterocycles. The number of hydrogen-bond donors (Lipinski definition) is 0. The molecule has 0 radical (unpaired) electrons. The molecule has 3 aromatic heterocycles. The molecule has 7 nitrogen and oxygen atoms in total. The lowest BCUT2D eigenvalue weighted by molar-refractivity contribution is 0.315. The average molecular weight is 387 g/mol. The largest absolute Gasteiger partial charge is 0.337 e. The minimum atomic E-state index is -0.150. The fourth-order valence-corrected chi connectivity index (χ4v) is 3.92. The quantitative estimate of drug-likeness (QED) is 0.533. The maximum absolute atomic E-state index is 12.8. The summed E-state index contributed by atoms with van der Waals surface area (Å²) in [4.78, 5) is 25.7. The Labute approximate surface area is 167 Å². The van der Waals surface area contributed by atoms with Gasteiger partial charge in [0, 0.05) is 12.1 Å². The number of nitrogens with zero attached hydrogens (tertiary/aromatic N) is 5. The van der Waals surface area contributed by atoms with Gasteiger partial charge >= 0.3 is 0 Å². The van der Waals surface area contributed by atoms with Crippen LogP contribution in [0.2, 0.25) is 0 Å². The molecule has 0 spiro atoms. The van der Waals surface area contributed by atoms with E-state index in [4.69, 9.17) is 4.52 Å².